The molecule has 0 saturated heterocycles. The van der Waals surface area contributed by atoms with E-state index < -0.39 is 10.8 Å². The van der Waals surface area contributed by atoms with Crippen molar-refractivity contribution in [3.63, 3.8) is 0 Å². The second kappa shape index (κ2) is 4.93. The van der Waals surface area contributed by atoms with Crippen molar-refractivity contribution in [2.24, 2.45) is 0 Å². The Morgan fingerprint density at radius 2 is 1.95 bits per heavy atom. The normalized spacial score (nSPS) is 12.7. The van der Waals surface area contributed by atoms with Gasteiger partial charge in [-0.2, -0.15) is 0 Å². The fraction of sp³-hybridized carbons (Fsp3) is 0.0714. The first kappa shape index (κ1) is 12.0. The minimum atomic E-state index is -1.21. The molecule has 0 bridgehead atoms. The number of imidazole rings is 1. The zero-order valence-electron chi connectivity index (χ0n) is 9.99. The van der Waals surface area contributed by atoms with Gasteiger partial charge in [-0.3, -0.25) is 4.21 Å². The summed E-state index contributed by atoms with van der Waals surface area (Å²) < 4.78 is 26.8. The molecule has 19 heavy (non-hydrogen) atoms. The maximum Gasteiger partial charge on any atom is 0.137 e. The Bertz CT molecular complexity index is 704. The molecule has 0 radical (unpaired) electrons. The summed E-state index contributed by atoms with van der Waals surface area (Å²) >= 11 is 0. The highest BCUT2D eigenvalue weighted by Gasteiger charge is 2.08. The molecule has 0 amide bonds. The topological polar surface area (TPSA) is 34.4 Å². The molecule has 1 aromatic carbocycles. The molecular formula is C14H11FN2OS. The molecule has 1 atom stereocenters. The van der Waals surface area contributed by atoms with Crippen molar-refractivity contribution in [3.8, 4) is 0 Å². The molecule has 0 N–H and O–H groups in total. The molecule has 0 aliphatic heterocycles. The lowest BCUT2D eigenvalue weighted by Gasteiger charge is -1.99. The van der Waals surface area contributed by atoms with Gasteiger partial charge in [0.1, 0.15) is 11.5 Å². The number of pyridine rings is 1. The lowest BCUT2D eigenvalue weighted by molar-refractivity contribution is 0.626. The van der Waals surface area contributed by atoms with E-state index in [2.05, 4.69) is 4.98 Å². The molecule has 0 fully saturated rings. The van der Waals surface area contributed by atoms with Crippen LogP contribution in [0.15, 0.2) is 59.8 Å². The van der Waals surface area contributed by atoms with Crippen LogP contribution in [0, 0.1) is 5.82 Å². The van der Waals surface area contributed by atoms with Crippen LogP contribution in [0.5, 0.6) is 0 Å². The average Bonchev–Trinajstić information content (AvgIpc) is 2.81. The number of nitrogens with zero attached hydrogens (tertiary/aromatic N) is 2. The zero-order chi connectivity index (χ0) is 13.2. The van der Waals surface area contributed by atoms with E-state index in [1.54, 1.807) is 12.1 Å². The standard InChI is InChI=1S/C14H11FN2OS/c15-11-4-6-13(7-5-11)19(18)10-12-9-17-8-2-1-3-14(17)16-12/h1-9H,10H2. The molecule has 5 heteroatoms. The van der Waals surface area contributed by atoms with E-state index in [0.29, 0.717) is 10.6 Å². The first-order chi connectivity index (χ1) is 9.22. The van der Waals surface area contributed by atoms with Gasteiger partial charge in [-0.05, 0) is 36.4 Å². The number of hydrogen-bond acceptors (Lipinski definition) is 2. The lowest BCUT2D eigenvalue weighted by Crippen LogP contribution is -1.96. The van der Waals surface area contributed by atoms with Crippen LogP contribution in [-0.4, -0.2) is 13.6 Å². The summed E-state index contributed by atoms with van der Waals surface area (Å²) in [5.74, 6) is 0.00122. The van der Waals surface area contributed by atoms with Gasteiger partial charge in [0.25, 0.3) is 0 Å². The summed E-state index contributed by atoms with van der Waals surface area (Å²) in [6, 6.07) is 11.4. The van der Waals surface area contributed by atoms with Crippen molar-refractivity contribution in [3.05, 3.63) is 66.4 Å². The third-order valence-electron chi connectivity index (χ3n) is 2.77. The fourth-order valence-electron chi connectivity index (χ4n) is 1.86. The number of halogens is 1. The summed E-state index contributed by atoms with van der Waals surface area (Å²) in [6.07, 6.45) is 3.75. The number of rotatable bonds is 3. The summed E-state index contributed by atoms with van der Waals surface area (Å²) in [5.41, 5.74) is 1.59. The summed E-state index contributed by atoms with van der Waals surface area (Å²) in [5, 5.41) is 0. The van der Waals surface area contributed by atoms with Crippen LogP contribution < -0.4 is 0 Å². The Morgan fingerprint density at radius 3 is 2.68 bits per heavy atom. The highest BCUT2D eigenvalue weighted by atomic mass is 32.2. The van der Waals surface area contributed by atoms with Crippen LogP contribution in [0.4, 0.5) is 4.39 Å². The van der Waals surface area contributed by atoms with Gasteiger partial charge in [0, 0.05) is 17.3 Å². The van der Waals surface area contributed by atoms with Crippen molar-refractivity contribution in [1.82, 2.24) is 9.38 Å². The molecule has 3 nitrogen and oxygen atoms in total. The molecule has 96 valence electrons. The second-order valence-electron chi connectivity index (χ2n) is 4.14. The predicted octanol–water partition coefficient (Wildman–Crippen LogP) is 2.78. The number of hydrogen-bond donors (Lipinski definition) is 0. The molecule has 0 aliphatic carbocycles. The third kappa shape index (κ3) is 2.56. The third-order valence-corrected chi connectivity index (χ3v) is 4.13. The van der Waals surface area contributed by atoms with Crippen LogP contribution in [0.1, 0.15) is 5.69 Å². The quantitative estimate of drug-likeness (QED) is 0.736. The van der Waals surface area contributed by atoms with Crippen LogP contribution in [0.2, 0.25) is 0 Å². The van der Waals surface area contributed by atoms with E-state index in [-0.39, 0.29) is 5.82 Å². The van der Waals surface area contributed by atoms with Gasteiger partial charge in [0.05, 0.1) is 22.2 Å². The highest BCUT2D eigenvalue weighted by molar-refractivity contribution is 7.84. The van der Waals surface area contributed by atoms with Crippen molar-refractivity contribution >= 4 is 16.4 Å². The van der Waals surface area contributed by atoms with Gasteiger partial charge in [-0.1, -0.05) is 6.07 Å². The molecule has 3 rings (SSSR count). The van der Waals surface area contributed by atoms with Gasteiger partial charge in [-0.25, -0.2) is 9.37 Å². The first-order valence-electron chi connectivity index (χ1n) is 5.79. The zero-order valence-corrected chi connectivity index (χ0v) is 10.8. The first-order valence-corrected chi connectivity index (χ1v) is 7.11. The van der Waals surface area contributed by atoms with E-state index in [0.717, 1.165) is 11.3 Å². The predicted molar refractivity (Wildman–Crippen MR) is 71.7 cm³/mol. The molecule has 0 aliphatic rings. The monoisotopic (exact) mass is 274 g/mol. The van der Waals surface area contributed by atoms with Gasteiger partial charge in [-0.15, -0.1) is 0 Å². The maximum atomic E-state index is 12.8. The lowest BCUT2D eigenvalue weighted by atomic mass is 10.4. The Kier molecular flexibility index (Phi) is 3.13. The number of aromatic nitrogens is 2. The molecule has 3 aromatic rings. The van der Waals surface area contributed by atoms with Crippen molar-refractivity contribution in [2.45, 2.75) is 10.6 Å². The van der Waals surface area contributed by atoms with Crippen molar-refractivity contribution in [2.75, 3.05) is 0 Å². The number of benzene rings is 1. The van der Waals surface area contributed by atoms with Crippen LogP contribution in [0.3, 0.4) is 0 Å². The van der Waals surface area contributed by atoms with E-state index in [9.17, 15) is 8.60 Å². The molecule has 1 unspecified atom stereocenters. The Morgan fingerprint density at radius 1 is 1.16 bits per heavy atom. The Hall–Kier alpha value is -2.01. The molecule has 2 heterocycles. The van der Waals surface area contributed by atoms with Crippen LogP contribution in [-0.2, 0) is 16.6 Å². The van der Waals surface area contributed by atoms with E-state index in [4.69, 9.17) is 0 Å². The largest absolute Gasteiger partial charge is 0.307 e. The fourth-order valence-corrected chi connectivity index (χ4v) is 2.87. The molecule has 0 spiro atoms. The van der Waals surface area contributed by atoms with Gasteiger partial charge in [0.2, 0.25) is 0 Å². The van der Waals surface area contributed by atoms with Crippen molar-refractivity contribution in [1.29, 1.82) is 0 Å². The minimum Gasteiger partial charge on any atom is -0.307 e. The Balaban J connectivity index is 1.84. The van der Waals surface area contributed by atoms with Crippen LogP contribution in [0.25, 0.3) is 5.65 Å². The minimum absolute atomic E-state index is 0.325. The average molecular weight is 274 g/mol. The SMILES string of the molecule is O=S(Cc1cn2ccccc2n1)c1ccc(F)cc1. The summed E-state index contributed by atoms with van der Waals surface area (Å²) in [6.45, 7) is 0. The second-order valence-corrected chi connectivity index (χ2v) is 5.59. The van der Waals surface area contributed by atoms with Gasteiger partial charge < -0.3 is 4.40 Å². The summed E-state index contributed by atoms with van der Waals surface area (Å²) in [7, 11) is -1.21. The van der Waals surface area contributed by atoms with E-state index >= 15 is 0 Å². The Labute approximate surface area is 112 Å². The van der Waals surface area contributed by atoms with Gasteiger partial charge in [0.15, 0.2) is 0 Å². The van der Waals surface area contributed by atoms with E-state index in [1.165, 1.54) is 12.1 Å². The smallest absolute Gasteiger partial charge is 0.137 e. The van der Waals surface area contributed by atoms with Gasteiger partial charge >= 0.3 is 0 Å². The highest BCUT2D eigenvalue weighted by Crippen LogP contribution is 2.13. The van der Waals surface area contributed by atoms with Crippen molar-refractivity contribution < 1.29 is 8.60 Å². The molecular weight excluding hydrogens is 263 g/mol. The molecule has 2 aromatic heterocycles. The maximum absolute atomic E-state index is 12.8. The number of fused-ring (bicyclic) bond motifs is 1. The van der Waals surface area contributed by atoms with E-state index in [1.807, 2.05) is 35.0 Å². The molecule has 0 saturated carbocycles. The van der Waals surface area contributed by atoms with Crippen LogP contribution >= 0.6 is 0 Å². The summed E-state index contributed by atoms with van der Waals surface area (Å²) in [4.78, 5) is 5.00.